The third kappa shape index (κ3) is 2.79. The van der Waals surface area contributed by atoms with E-state index in [0.29, 0.717) is 0 Å². The molecule has 2 atom stereocenters. The van der Waals surface area contributed by atoms with Crippen LogP contribution in [-0.4, -0.2) is 43.9 Å². The Morgan fingerprint density at radius 2 is 2.15 bits per heavy atom. The highest BCUT2D eigenvalue weighted by Crippen LogP contribution is 2.29. The number of hydrogen-bond donors (Lipinski definition) is 0. The Morgan fingerprint density at radius 3 is 2.70 bits per heavy atom. The van der Waals surface area contributed by atoms with Gasteiger partial charge in [-0.05, 0) is 18.1 Å². The molecule has 1 fully saturated rings. The molecule has 1 aliphatic rings. The van der Waals surface area contributed by atoms with Gasteiger partial charge in [-0.3, -0.25) is 4.79 Å². The van der Waals surface area contributed by atoms with E-state index in [2.05, 4.69) is 4.98 Å². The fourth-order valence-electron chi connectivity index (χ4n) is 2.24. The fourth-order valence-corrected chi connectivity index (χ4v) is 3.86. The molecule has 0 aliphatic carbocycles. The van der Waals surface area contributed by atoms with E-state index >= 15 is 0 Å². The minimum absolute atomic E-state index is 0.0691. The minimum atomic E-state index is -3.66. The van der Waals surface area contributed by atoms with Gasteiger partial charge in [-0.25, -0.2) is 13.4 Å². The Balaban J connectivity index is 2.24. The monoisotopic (exact) mass is 318 g/mol. The second kappa shape index (κ2) is 5.67. The molecule has 0 N–H and O–H groups in total. The van der Waals surface area contributed by atoms with Crippen LogP contribution in [0.1, 0.15) is 6.92 Å². The molecule has 1 aliphatic heterocycles. The van der Waals surface area contributed by atoms with Crippen LogP contribution in [0.25, 0.3) is 0 Å². The first-order chi connectivity index (χ1) is 9.36. The normalized spacial score (nSPS) is 23.8. The molecule has 0 bridgehead atoms. The molecule has 0 spiro atoms. The summed E-state index contributed by atoms with van der Waals surface area (Å²) < 4.78 is 30.9. The molecule has 110 valence electrons. The van der Waals surface area contributed by atoms with Crippen molar-refractivity contribution in [1.82, 2.24) is 9.29 Å². The van der Waals surface area contributed by atoms with Crippen molar-refractivity contribution in [2.24, 2.45) is 11.8 Å². The van der Waals surface area contributed by atoms with Crippen LogP contribution in [-0.2, 0) is 19.6 Å². The summed E-state index contributed by atoms with van der Waals surface area (Å²) in [5, 5.41) is 0.228. The first kappa shape index (κ1) is 15.2. The van der Waals surface area contributed by atoms with Gasteiger partial charge in [0.25, 0.3) is 0 Å². The molecule has 20 heavy (non-hydrogen) atoms. The molecule has 1 saturated heterocycles. The zero-order valence-electron chi connectivity index (χ0n) is 11.1. The lowest BCUT2D eigenvalue weighted by Gasteiger charge is -2.15. The molecule has 8 heteroatoms. The molecular weight excluding hydrogens is 304 g/mol. The Labute approximate surface area is 122 Å². The number of sulfonamides is 1. The van der Waals surface area contributed by atoms with Crippen LogP contribution >= 0.6 is 11.6 Å². The van der Waals surface area contributed by atoms with Crippen LogP contribution in [0.15, 0.2) is 23.2 Å². The average Bonchev–Trinajstić information content (AvgIpc) is 2.81. The maximum absolute atomic E-state index is 12.4. The van der Waals surface area contributed by atoms with Gasteiger partial charge in [0.05, 0.1) is 13.0 Å². The van der Waals surface area contributed by atoms with Crippen LogP contribution in [0.2, 0.25) is 5.15 Å². The first-order valence-electron chi connectivity index (χ1n) is 6.05. The van der Waals surface area contributed by atoms with E-state index in [1.165, 1.54) is 29.7 Å². The summed E-state index contributed by atoms with van der Waals surface area (Å²) >= 11 is 5.65. The summed E-state index contributed by atoms with van der Waals surface area (Å²) in [6.45, 7) is 2.24. The van der Waals surface area contributed by atoms with Gasteiger partial charge in [-0.15, -0.1) is 0 Å². The quantitative estimate of drug-likeness (QED) is 0.617. The molecular formula is C12H15ClN2O4S. The summed E-state index contributed by atoms with van der Waals surface area (Å²) in [7, 11) is -2.36. The fraction of sp³-hybridized carbons (Fsp3) is 0.500. The Hall–Kier alpha value is -1.18. The molecule has 1 aromatic heterocycles. The van der Waals surface area contributed by atoms with Gasteiger partial charge in [0, 0.05) is 19.3 Å². The van der Waals surface area contributed by atoms with Crippen molar-refractivity contribution in [2.45, 2.75) is 11.8 Å². The van der Waals surface area contributed by atoms with Crippen LogP contribution in [0.3, 0.4) is 0 Å². The first-order valence-corrected chi connectivity index (χ1v) is 7.87. The molecule has 2 unspecified atom stereocenters. The molecule has 0 radical (unpaired) electrons. The van der Waals surface area contributed by atoms with Crippen molar-refractivity contribution >= 4 is 27.6 Å². The molecule has 2 rings (SSSR count). The number of carbonyl (C=O) groups excluding carboxylic acids is 1. The molecule has 1 aromatic rings. The van der Waals surface area contributed by atoms with Gasteiger partial charge >= 0.3 is 5.97 Å². The molecule has 6 nitrogen and oxygen atoms in total. The lowest BCUT2D eigenvalue weighted by atomic mass is 9.99. The van der Waals surface area contributed by atoms with Crippen LogP contribution in [0, 0.1) is 11.8 Å². The maximum atomic E-state index is 12.4. The second-order valence-electron chi connectivity index (χ2n) is 4.75. The summed E-state index contributed by atoms with van der Waals surface area (Å²) in [6.07, 6.45) is 1.22. The highest BCUT2D eigenvalue weighted by atomic mass is 35.5. The number of esters is 1. The number of nitrogens with zero attached hydrogens (tertiary/aromatic N) is 2. The standard InChI is InChI=1S/C12H15ClN2O4S/c1-8-6-15(7-10(8)12(16)19-2)20(17,18)9-3-4-11(13)14-5-9/h3-5,8,10H,6-7H2,1-2H3. The summed E-state index contributed by atoms with van der Waals surface area (Å²) in [4.78, 5) is 15.4. The lowest BCUT2D eigenvalue weighted by Crippen LogP contribution is -2.30. The van der Waals surface area contributed by atoms with E-state index in [1.807, 2.05) is 6.92 Å². The number of rotatable bonds is 3. The van der Waals surface area contributed by atoms with Crippen molar-refractivity contribution < 1.29 is 17.9 Å². The largest absolute Gasteiger partial charge is 0.469 e. The summed E-state index contributed by atoms with van der Waals surface area (Å²) in [5.74, 6) is -0.906. The number of pyridine rings is 1. The Bertz CT molecular complexity index is 602. The Morgan fingerprint density at radius 1 is 1.45 bits per heavy atom. The van der Waals surface area contributed by atoms with Crippen molar-refractivity contribution in [3.05, 3.63) is 23.5 Å². The van der Waals surface area contributed by atoms with E-state index in [4.69, 9.17) is 16.3 Å². The van der Waals surface area contributed by atoms with E-state index < -0.39 is 15.9 Å². The van der Waals surface area contributed by atoms with Crippen molar-refractivity contribution in [3.63, 3.8) is 0 Å². The SMILES string of the molecule is COC(=O)C1CN(S(=O)(=O)c2ccc(Cl)nc2)CC1C. The Kier molecular flexibility index (Phi) is 4.31. The minimum Gasteiger partial charge on any atom is -0.469 e. The lowest BCUT2D eigenvalue weighted by molar-refractivity contribution is -0.145. The van der Waals surface area contributed by atoms with Gasteiger partial charge in [0.1, 0.15) is 10.0 Å². The zero-order chi connectivity index (χ0) is 14.9. The summed E-state index contributed by atoms with van der Waals surface area (Å²) in [6, 6.07) is 2.83. The van der Waals surface area contributed by atoms with Crippen molar-refractivity contribution in [1.29, 1.82) is 0 Å². The number of aromatic nitrogens is 1. The van der Waals surface area contributed by atoms with Crippen LogP contribution in [0.4, 0.5) is 0 Å². The average molecular weight is 319 g/mol. The third-order valence-electron chi connectivity index (χ3n) is 3.42. The van der Waals surface area contributed by atoms with E-state index in [1.54, 1.807) is 0 Å². The van der Waals surface area contributed by atoms with Crippen LogP contribution < -0.4 is 0 Å². The van der Waals surface area contributed by atoms with E-state index in [-0.39, 0.29) is 35.0 Å². The highest BCUT2D eigenvalue weighted by molar-refractivity contribution is 7.89. The van der Waals surface area contributed by atoms with Gasteiger partial charge in [0.2, 0.25) is 10.0 Å². The molecule has 0 amide bonds. The summed E-state index contributed by atoms with van der Waals surface area (Å²) in [5.41, 5.74) is 0. The van der Waals surface area contributed by atoms with Gasteiger partial charge in [-0.1, -0.05) is 18.5 Å². The molecule has 0 saturated carbocycles. The number of carbonyl (C=O) groups is 1. The molecule has 0 aromatic carbocycles. The van der Waals surface area contributed by atoms with Crippen molar-refractivity contribution in [3.8, 4) is 0 Å². The van der Waals surface area contributed by atoms with E-state index in [0.717, 1.165) is 0 Å². The van der Waals surface area contributed by atoms with Gasteiger partial charge < -0.3 is 4.74 Å². The second-order valence-corrected chi connectivity index (χ2v) is 7.07. The third-order valence-corrected chi connectivity index (χ3v) is 5.46. The topological polar surface area (TPSA) is 76.6 Å². The smallest absolute Gasteiger partial charge is 0.310 e. The zero-order valence-corrected chi connectivity index (χ0v) is 12.7. The predicted molar refractivity (Wildman–Crippen MR) is 72.7 cm³/mol. The number of methoxy groups -OCH3 is 1. The van der Waals surface area contributed by atoms with Crippen LogP contribution in [0.5, 0.6) is 0 Å². The maximum Gasteiger partial charge on any atom is 0.310 e. The highest BCUT2D eigenvalue weighted by Gasteiger charge is 2.41. The number of ether oxygens (including phenoxy) is 1. The van der Waals surface area contributed by atoms with Crippen molar-refractivity contribution in [2.75, 3.05) is 20.2 Å². The van der Waals surface area contributed by atoms with Gasteiger partial charge in [0.15, 0.2) is 0 Å². The molecule has 2 heterocycles. The predicted octanol–water partition coefficient (Wildman–Crippen LogP) is 1.16. The number of halogens is 1. The number of hydrogen-bond acceptors (Lipinski definition) is 5. The van der Waals surface area contributed by atoms with E-state index in [9.17, 15) is 13.2 Å². The van der Waals surface area contributed by atoms with Gasteiger partial charge in [-0.2, -0.15) is 4.31 Å².